The molecule has 0 atom stereocenters. The summed E-state index contributed by atoms with van der Waals surface area (Å²) in [5.41, 5.74) is 14.7. The van der Waals surface area contributed by atoms with Gasteiger partial charge < -0.3 is 15.9 Å². The van der Waals surface area contributed by atoms with Crippen LogP contribution in [0.4, 0.5) is 5.69 Å². The molecule has 3 aromatic rings. The number of hydrogen-bond acceptors (Lipinski definition) is 6. The minimum Gasteiger partial charge on any atom is -0.456 e. The molecule has 28 heavy (non-hydrogen) atoms. The van der Waals surface area contributed by atoms with Crippen molar-refractivity contribution in [1.29, 1.82) is 0 Å². The van der Waals surface area contributed by atoms with Crippen molar-refractivity contribution < 1.29 is 4.42 Å². The summed E-state index contributed by atoms with van der Waals surface area (Å²) in [7, 11) is 0. The van der Waals surface area contributed by atoms with Gasteiger partial charge in [-0.05, 0) is 49.9 Å². The van der Waals surface area contributed by atoms with Crippen LogP contribution in [0.1, 0.15) is 32.1 Å². The van der Waals surface area contributed by atoms with Gasteiger partial charge in [-0.15, -0.1) is 0 Å². The van der Waals surface area contributed by atoms with E-state index in [-0.39, 0.29) is 5.96 Å². The topological polar surface area (TPSA) is 93.1 Å². The molecule has 0 amide bonds. The Morgan fingerprint density at radius 1 is 0.929 bits per heavy atom. The Morgan fingerprint density at radius 3 is 2.50 bits per heavy atom. The highest BCUT2D eigenvalue weighted by molar-refractivity contribution is 6.06. The monoisotopic (exact) mass is 373 g/mol. The van der Waals surface area contributed by atoms with Crippen LogP contribution < -0.4 is 16.4 Å². The zero-order valence-electron chi connectivity index (χ0n) is 15.6. The number of furan rings is 1. The number of hydrogen-bond donors (Lipinski definition) is 2. The van der Waals surface area contributed by atoms with Crippen molar-refractivity contribution in [2.75, 3.05) is 4.90 Å². The van der Waals surface area contributed by atoms with Gasteiger partial charge >= 0.3 is 0 Å². The maximum Gasteiger partial charge on any atom is 0.220 e. The summed E-state index contributed by atoms with van der Waals surface area (Å²) in [5.74, 6) is 1.52. The summed E-state index contributed by atoms with van der Waals surface area (Å²) >= 11 is 0. The van der Waals surface area contributed by atoms with Crippen LogP contribution in [0.3, 0.4) is 0 Å². The molecule has 0 bridgehead atoms. The van der Waals surface area contributed by atoms with E-state index in [9.17, 15) is 0 Å². The van der Waals surface area contributed by atoms with Crippen molar-refractivity contribution in [3.8, 4) is 11.3 Å². The molecule has 1 aliphatic heterocycles. The van der Waals surface area contributed by atoms with Gasteiger partial charge in [0.25, 0.3) is 0 Å². The third-order valence-electron chi connectivity index (χ3n) is 5.67. The van der Waals surface area contributed by atoms with E-state index in [1.54, 1.807) is 0 Å². The summed E-state index contributed by atoms with van der Waals surface area (Å²) in [6.45, 7) is 0. The second kappa shape index (κ2) is 6.41. The molecular weight excluding hydrogens is 350 g/mol. The Labute approximate surface area is 163 Å². The molecule has 2 heterocycles. The Balaban J connectivity index is 1.59. The van der Waals surface area contributed by atoms with Crippen LogP contribution in [0.25, 0.3) is 22.3 Å². The van der Waals surface area contributed by atoms with Crippen molar-refractivity contribution in [1.82, 2.24) is 0 Å². The molecule has 2 aliphatic rings. The first kappa shape index (κ1) is 16.9. The minimum absolute atomic E-state index is 0.270. The first-order valence-electron chi connectivity index (χ1n) is 9.73. The Hall–Kier alpha value is -3.28. The van der Waals surface area contributed by atoms with Crippen molar-refractivity contribution in [2.45, 2.75) is 37.8 Å². The molecule has 1 aliphatic carbocycles. The predicted molar refractivity (Wildman–Crippen MR) is 113 cm³/mol. The van der Waals surface area contributed by atoms with Crippen LogP contribution in [0, 0.1) is 0 Å². The lowest BCUT2D eigenvalue weighted by Crippen LogP contribution is -2.58. The molecule has 5 rings (SSSR count). The van der Waals surface area contributed by atoms with Crippen LogP contribution in [0.2, 0.25) is 0 Å². The number of guanidine groups is 2. The molecule has 4 N–H and O–H groups in total. The predicted octanol–water partition coefficient (Wildman–Crippen LogP) is 4.21. The molecular formula is C22H23N5O. The van der Waals surface area contributed by atoms with Gasteiger partial charge in [-0.3, -0.25) is 4.90 Å². The molecule has 1 saturated carbocycles. The lowest BCUT2D eigenvalue weighted by atomic mass is 9.87. The number of aliphatic imine (C=N–C) groups is 2. The molecule has 0 unspecified atom stereocenters. The van der Waals surface area contributed by atoms with Crippen LogP contribution in [-0.4, -0.2) is 17.6 Å². The number of nitrogens with zero attached hydrogens (tertiary/aromatic N) is 3. The fourth-order valence-electron chi connectivity index (χ4n) is 4.41. The number of rotatable bonds is 2. The maximum atomic E-state index is 6.34. The van der Waals surface area contributed by atoms with Crippen molar-refractivity contribution in [2.24, 2.45) is 21.5 Å². The lowest BCUT2D eigenvalue weighted by Gasteiger charge is -2.45. The SMILES string of the molecule is NC1=NC2(CCCCC2)N(c2ccc3oc(-c4ccccc4)cc3c2)C(N)=N1. The third-order valence-corrected chi connectivity index (χ3v) is 5.67. The number of nitrogens with two attached hydrogens (primary N) is 2. The quantitative estimate of drug-likeness (QED) is 0.704. The lowest BCUT2D eigenvalue weighted by molar-refractivity contribution is 0.305. The highest BCUT2D eigenvalue weighted by Crippen LogP contribution is 2.40. The largest absolute Gasteiger partial charge is 0.456 e. The third kappa shape index (κ3) is 2.72. The first-order chi connectivity index (χ1) is 13.6. The van der Waals surface area contributed by atoms with Gasteiger partial charge in [0.05, 0.1) is 0 Å². The van der Waals surface area contributed by atoms with E-state index in [0.717, 1.165) is 53.7 Å². The van der Waals surface area contributed by atoms with Gasteiger partial charge in [0.1, 0.15) is 17.0 Å². The minimum atomic E-state index is -0.437. The summed E-state index contributed by atoms with van der Waals surface area (Å²) in [6.07, 6.45) is 5.26. The highest BCUT2D eigenvalue weighted by Gasteiger charge is 2.42. The zero-order valence-corrected chi connectivity index (χ0v) is 15.6. The summed E-state index contributed by atoms with van der Waals surface area (Å²) < 4.78 is 6.05. The van der Waals surface area contributed by atoms with E-state index in [4.69, 9.17) is 20.9 Å². The summed E-state index contributed by atoms with van der Waals surface area (Å²) in [5, 5.41) is 1.03. The average molecular weight is 373 g/mol. The van der Waals surface area contributed by atoms with Crippen LogP contribution in [0.5, 0.6) is 0 Å². The Bertz CT molecular complexity index is 1080. The maximum absolute atomic E-state index is 6.34. The van der Waals surface area contributed by atoms with Crippen LogP contribution >= 0.6 is 0 Å². The molecule has 0 radical (unpaired) electrons. The molecule has 1 spiro atoms. The van der Waals surface area contributed by atoms with Crippen molar-refractivity contribution in [3.63, 3.8) is 0 Å². The molecule has 2 aromatic carbocycles. The van der Waals surface area contributed by atoms with E-state index in [0.29, 0.717) is 5.96 Å². The molecule has 0 saturated heterocycles. The van der Waals surface area contributed by atoms with E-state index in [1.807, 2.05) is 42.5 Å². The highest BCUT2D eigenvalue weighted by atomic mass is 16.3. The molecule has 1 fully saturated rings. The van der Waals surface area contributed by atoms with Gasteiger partial charge in [0, 0.05) is 16.6 Å². The first-order valence-corrected chi connectivity index (χ1v) is 9.73. The average Bonchev–Trinajstić information content (AvgIpc) is 3.12. The fourth-order valence-corrected chi connectivity index (χ4v) is 4.41. The molecule has 6 heteroatoms. The van der Waals surface area contributed by atoms with E-state index in [1.165, 1.54) is 6.42 Å². The van der Waals surface area contributed by atoms with Crippen molar-refractivity contribution in [3.05, 3.63) is 54.6 Å². The van der Waals surface area contributed by atoms with E-state index < -0.39 is 5.66 Å². The Morgan fingerprint density at radius 2 is 1.71 bits per heavy atom. The molecule has 6 nitrogen and oxygen atoms in total. The second-order valence-electron chi connectivity index (χ2n) is 7.52. The summed E-state index contributed by atoms with van der Waals surface area (Å²) in [4.78, 5) is 11.0. The van der Waals surface area contributed by atoms with Crippen molar-refractivity contribution >= 4 is 28.6 Å². The van der Waals surface area contributed by atoms with Gasteiger partial charge in [-0.25, -0.2) is 4.99 Å². The molecule has 1 aromatic heterocycles. The van der Waals surface area contributed by atoms with Gasteiger partial charge in [-0.2, -0.15) is 4.99 Å². The second-order valence-corrected chi connectivity index (χ2v) is 7.52. The molecule has 142 valence electrons. The summed E-state index contributed by atoms with van der Waals surface area (Å²) in [6, 6.07) is 18.3. The number of benzene rings is 2. The van der Waals surface area contributed by atoms with Gasteiger partial charge in [0.2, 0.25) is 11.9 Å². The fraction of sp³-hybridized carbons (Fsp3) is 0.273. The standard InChI is InChI=1S/C22H23N5O/c23-20-25-21(24)27(22(26-20)11-5-2-6-12-22)17-9-10-18-16(13-17)14-19(28-18)15-7-3-1-4-8-15/h1,3-4,7-10,13-14H,2,5-6,11-12H2,(H4,23,24,25,26). The van der Waals surface area contributed by atoms with Crippen LogP contribution in [0.15, 0.2) is 69.0 Å². The number of anilines is 1. The Kier molecular flexibility index (Phi) is 3.86. The normalized spacial score (nSPS) is 18.9. The van der Waals surface area contributed by atoms with E-state index >= 15 is 0 Å². The van der Waals surface area contributed by atoms with Gasteiger partial charge in [0.15, 0.2) is 0 Å². The smallest absolute Gasteiger partial charge is 0.220 e. The van der Waals surface area contributed by atoms with Gasteiger partial charge in [-0.1, -0.05) is 36.8 Å². The van der Waals surface area contributed by atoms with Crippen LogP contribution in [-0.2, 0) is 0 Å². The van der Waals surface area contributed by atoms with E-state index in [2.05, 4.69) is 22.0 Å². The number of fused-ring (bicyclic) bond motifs is 1. The zero-order chi connectivity index (χ0) is 19.1.